The topological polar surface area (TPSA) is 124 Å². The molecule has 2 aliphatic carbocycles. The van der Waals surface area contributed by atoms with Crippen LogP contribution in [-0.2, 0) is 9.47 Å². The van der Waals surface area contributed by atoms with Crippen molar-refractivity contribution in [2.24, 2.45) is 5.92 Å². The molecule has 11 nitrogen and oxygen atoms in total. The number of amides is 1. The van der Waals surface area contributed by atoms with Crippen molar-refractivity contribution in [3.8, 4) is 0 Å². The molecule has 6 rings (SSSR count). The highest BCUT2D eigenvalue weighted by molar-refractivity contribution is 5.94. The van der Waals surface area contributed by atoms with Crippen LogP contribution < -0.4 is 21.5 Å². The van der Waals surface area contributed by atoms with Crippen LogP contribution in [0, 0.1) is 5.92 Å². The zero-order valence-corrected chi connectivity index (χ0v) is 20.7. The highest BCUT2D eigenvalue weighted by Crippen LogP contribution is 2.43. The number of anilines is 3. The molecule has 0 spiro atoms. The maximum Gasteiger partial charge on any atom is 0.274 e. The van der Waals surface area contributed by atoms with Crippen LogP contribution in [0.3, 0.4) is 0 Å². The fourth-order valence-electron chi connectivity index (χ4n) is 5.70. The minimum atomic E-state index is -0.249. The maximum absolute atomic E-state index is 13.2. The molecule has 3 atom stereocenters. The average Bonchev–Trinajstić information content (AvgIpc) is 3.45. The molecule has 3 aromatic heterocycles. The molecule has 1 saturated heterocycles. The first-order chi connectivity index (χ1) is 17.4. The third-order valence-corrected chi connectivity index (χ3v) is 7.96. The lowest BCUT2D eigenvalue weighted by Crippen LogP contribution is -2.54. The SMILES string of the molecule is CNc1cc(Nc2cccn(C3CC(C)(OC)C3)c2=O)nn2c(C(=O)N[C@@H]3C[C@H]4CCO[C@H]43)cnc12. The quantitative estimate of drug-likeness (QED) is 0.458. The van der Waals surface area contributed by atoms with Gasteiger partial charge in [0.25, 0.3) is 11.5 Å². The predicted molar refractivity (Wildman–Crippen MR) is 134 cm³/mol. The Morgan fingerprint density at radius 1 is 1.31 bits per heavy atom. The number of hydrogen-bond donors (Lipinski definition) is 3. The van der Waals surface area contributed by atoms with Crippen LogP contribution in [0.15, 0.2) is 35.4 Å². The Morgan fingerprint density at radius 3 is 2.89 bits per heavy atom. The molecule has 1 amide bonds. The van der Waals surface area contributed by atoms with Gasteiger partial charge < -0.3 is 30.0 Å². The number of nitrogens with one attached hydrogen (secondary N) is 3. The highest BCUT2D eigenvalue weighted by Gasteiger charge is 2.46. The lowest BCUT2D eigenvalue weighted by Gasteiger charge is -2.44. The first-order valence-electron chi connectivity index (χ1n) is 12.4. The van der Waals surface area contributed by atoms with E-state index in [4.69, 9.17) is 9.47 Å². The molecule has 3 fully saturated rings. The first kappa shape index (κ1) is 23.0. The Kier molecular flexibility index (Phi) is 5.49. The normalized spacial score (nSPS) is 28.8. The van der Waals surface area contributed by atoms with Gasteiger partial charge in [-0.2, -0.15) is 0 Å². The van der Waals surface area contributed by atoms with E-state index in [1.807, 2.05) is 6.07 Å². The summed E-state index contributed by atoms with van der Waals surface area (Å²) in [6.45, 7) is 2.81. The monoisotopic (exact) mass is 493 g/mol. The molecule has 4 heterocycles. The summed E-state index contributed by atoms with van der Waals surface area (Å²) in [4.78, 5) is 30.7. The number of aromatic nitrogens is 4. The van der Waals surface area contributed by atoms with Gasteiger partial charge in [-0.25, -0.2) is 9.50 Å². The summed E-state index contributed by atoms with van der Waals surface area (Å²) in [5.74, 6) is 0.716. The van der Waals surface area contributed by atoms with E-state index < -0.39 is 0 Å². The van der Waals surface area contributed by atoms with Gasteiger partial charge in [-0.3, -0.25) is 9.59 Å². The second kappa shape index (κ2) is 8.59. The van der Waals surface area contributed by atoms with E-state index in [0.29, 0.717) is 34.5 Å². The Morgan fingerprint density at radius 2 is 2.14 bits per heavy atom. The van der Waals surface area contributed by atoms with Gasteiger partial charge in [-0.05, 0) is 50.7 Å². The van der Waals surface area contributed by atoms with Crippen LogP contribution >= 0.6 is 0 Å². The molecule has 190 valence electrons. The second-order valence-electron chi connectivity index (χ2n) is 10.2. The molecule has 0 radical (unpaired) electrons. The van der Waals surface area contributed by atoms with E-state index in [9.17, 15) is 9.59 Å². The largest absolute Gasteiger partial charge is 0.385 e. The van der Waals surface area contributed by atoms with Crippen LogP contribution in [0.2, 0.25) is 0 Å². The van der Waals surface area contributed by atoms with Crippen LogP contribution in [0.1, 0.15) is 49.1 Å². The van der Waals surface area contributed by atoms with Gasteiger partial charge in [-0.15, -0.1) is 5.10 Å². The standard InChI is InChI=1S/C25H31N7O4/c1-25(35-3)11-15(12-25)31-7-4-5-16(24(31)34)28-20-10-18(26-2)22-27-13-19(32(22)30-20)23(33)29-17-9-14-6-8-36-21(14)17/h4-5,7,10,13-15,17,21,26H,6,8-9,11-12H2,1-3H3,(H,28,30)(H,29,33)/t14-,15?,17-,21-,25?/m1/s1. The average molecular weight is 494 g/mol. The summed E-state index contributed by atoms with van der Waals surface area (Å²) >= 11 is 0. The summed E-state index contributed by atoms with van der Waals surface area (Å²) in [6, 6.07) is 5.45. The fraction of sp³-hybridized carbons (Fsp3) is 0.520. The Hall–Kier alpha value is -3.44. The minimum Gasteiger partial charge on any atom is -0.385 e. The molecule has 3 aliphatic rings. The number of rotatable bonds is 7. The Balaban J connectivity index is 1.26. The molecular weight excluding hydrogens is 462 g/mol. The van der Waals surface area contributed by atoms with E-state index in [0.717, 1.165) is 32.3 Å². The highest BCUT2D eigenvalue weighted by atomic mass is 16.5. The van der Waals surface area contributed by atoms with Crippen molar-refractivity contribution in [2.45, 2.75) is 56.4 Å². The van der Waals surface area contributed by atoms with E-state index >= 15 is 0 Å². The molecule has 1 aliphatic heterocycles. The summed E-state index contributed by atoms with van der Waals surface area (Å²) in [7, 11) is 3.48. The van der Waals surface area contributed by atoms with Crippen LogP contribution in [0.4, 0.5) is 17.2 Å². The molecule has 2 saturated carbocycles. The van der Waals surface area contributed by atoms with Crippen LogP contribution in [0.5, 0.6) is 0 Å². The number of nitrogens with zero attached hydrogens (tertiary/aromatic N) is 4. The van der Waals surface area contributed by atoms with Crippen LogP contribution in [0.25, 0.3) is 5.65 Å². The third-order valence-electron chi connectivity index (χ3n) is 7.96. The van der Waals surface area contributed by atoms with Gasteiger partial charge >= 0.3 is 0 Å². The summed E-state index contributed by atoms with van der Waals surface area (Å²) < 4.78 is 14.5. The molecule has 0 bridgehead atoms. The van der Waals surface area contributed by atoms with Gasteiger partial charge in [0.1, 0.15) is 5.69 Å². The second-order valence-corrected chi connectivity index (χ2v) is 10.2. The van der Waals surface area contributed by atoms with Gasteiger partial charge in [0.15, 0.2) is 17.2 Å². The van der Waals surface area contributed by atoms with E-state index in [1.54, 1.807) is 37.1 Å². The molecule has 11 heteroatoms. The number of imidazole rings is 1. The lowest BCUT2D eigenvalue weighted by atomic mass is 9.77. The maximum atomic E-state index is 13.2. The van der Waals surface area contributed by atoms with Crippen molar-refractivity contribution in [1.29, 1.82) is 0 Å². The molecule has 3 aromatic rings. The van der Waals surface area contributed by atoms with Crippen molar-refractivity contribution >= 4 is 28.7 Å². The summed E-state index contributed by atoms with van der Waals surface area (Å²) in [5.41, 5.74) is 1.61. The smallest absolute Gasteiger partial charge is 0.274 e. The molecule has 36 heavy (non-hydrogen) atoms. The number of fused-ring (bicyclic) bond motifs is 2. The van der Waals surface area contributed by atoms with Crippen molar-refractivity contribution < 1.29 is 14.3 Å². The molecule has 0 unspecified atom stereocenters. The van der Waals surface area contributed by atoms with Crippen LogP contribution in [-0.4, -0.2) is 63.6 Å². The number of ether oxygens (including phenoxy) is 2. The fourth-order valence-corrected chi connectivity index (χ4v) is 5.70. The predicted octanol–water partition coefficient (Wildman–Crippen LogP) is 2.32. The summed E-state index contributed by atoms with van der Waals surface area (Å²) in [5, 5.41) is 13.9. The number of methoxy groups -OCH3 is 1. The zero-order chi connectivity index (χ0) is 25.0. The van der Waals surface area contributed by atoms with Gasteiger partial charge in [-0.1, -0.05) is 0 Å². The third kappa shape index (κ3) is 3.73. The lowest BCUT2D eigenvalue weighted by molar-refractivity contribution is -0.0855. The Labute approximate surface area is 208 Å². The summed E-state index contributed by atoms with van der Waals surface area (Å²) in [6.07, 6.45) is 6.98. The van der Waals surface area contributed by atoms with Crippen molar-refractivity contribution in [3.05, 3.63) is 46.6 Å². The minimum absolute atomic E-state index is 0.00915. The first-order valence-corrected chi connectivity index (χ1v) is 12.4. The van der Waals surface area contributed by atoms with E-state index in [2.05, 4.69) is 33.0 Å². The van der Waals surface area contributed by atoms with Gasteiger partial charge in [0.2, 0.25) is 0 Å². The van der Waals surface area contributed by atoms with E-state index in [-0.39, 0.29) is 35.3 Å². The Bertz CT molecular complexity index is 1380. The number of carbonyl (C=O) groups excluding carboxylic acids is 1. The van der Waals surface area contributed by atoms with Gasteiger partial charge in [0, 0.05) is 39.1 Å². The number of carbonyl (C=O) groups is 1. The van der Waals surface area contributed by atoms with Crippen molar-refractivity contribution in [2.75, 3.05) is 31.4 Å². The molecule has 3 N–H and O–H groups in total. The van der Waals surface area contributed by atoms with E-state index in [1.165, 1.54) is 10.7 Å². The van der Waals surface area contributed by atoms with Gasteiger partial charge in [0.05, 0.1) is 29.6 Å². The zero-order valence-electron chi connectivity index (χ0n) is 20.7. The van der Waals surface area contributed by atoms with Crippen molar-refractivity contribution in [1.82, 2.24) is 24.5 Å². The van der Waals surface area contributed by atoms with Crippen molar-refractivity contribution in [3.63, 3.8) is 0 Å². The molecule has 0 aromatic carbocycles. The number of pyridine rings is 1. The molecular formula is C25H31N7O4. The number of hydrogen-bond acceptors (Lipinski definition) is 8.